The van der Waals surface area contributed by atoms with E-state index in [-0.39, 0.29) is 6.04 Å². The van der Waals surface area contributed by atoms with Gasteiger partial charge in [-0.2, -0.15) is 17.0 Å². The van der Waals surface area contributed by atoms with Crippen LogP contribution in [-0.2, 0) is 10.2 Å². The molecule has 0 amide bonds. The SMILES string of the molecule is CCNCCCN(C)S(=O)(=O)N(C)C(CC)CC. The quantitative estimate of drug-likeness (QED) is 0.613. The second kappa shape index (κ2) is 8.85. The summed E-state index contributed by atoms with van der Waals surface area (Å²) in [4.78, 5) is 0. The van der Waals surface area contributed by atoms with Crippen LogP contribution < -0.4 is 5.32 Å². The number of nitrogens with one attached hydrogen (secondary N) is 1. The predicted octanol–water partition coefficient (Wildman–Crippen LogP) is 1.28. The Labute approximate surface area is 113 Å². The van der Waals surface area contributed by atoms with E-state index in [0.29, 0.717) is 6.54 Å². The molecule has 0 aromatic rings. The first-order chi connectivity index (χ1) is 8.41. The summed E-state index contributed by atoms with van der Waals surface area (Å²) in [7, 11) is 0.0166. The van der Waals surface area contributed by atoms with Gasteiger partial charge in [0.15, 0.2) is 0 Å². The zero-order valence-corrected chi connectivity index (χ0v) is 13.3. The monoisotopic (exact) mass is 279 g/mol. The first-order valence-corrected chi connectivity index (χ1v) is 8.21. The van der Waals surface area contributed by atoms with Gasteiger partial charge in [-0.1, -0.05) is 20.8 Å². The Hall–Kier alpha value is -0.170. The molecule has 0 unspecified atom stereocenters. The predicted molar refractivity (Wildman–Crippen MR) is 76.8 cm³/mol. The Bertz CT molecular complexity index is 302. The van der Waals surface area contributed by atoms with E-state index in [1.165, 1.54) is 8.61 Å². The third kappa shape index (κ3) is 5.22. The lowest BCUT2D eigenvalue weighted by Gasteiger charge is -2.29. The van der Waals surface area contributed by atoms with E-state index in [0.717, 1.165) is 32.4 Å². The molecule has 0 aliphatic rings. The second-order valence-corrected chi connectivity index (χ2v) is 6.62. The Morgan fingerprint density at radius 3 is 2.11 bits per heavy atom. The highest BCUT2D eigenvalue weighted by molar-refractivity contribution is 7.86. The van der Waals surface area contributed by atoms with E-state index in [1.807, 2.05) is 20.8 Å². The van der Waals surface area contributed by atoms with Crippen molar-refractivity contribution in [3.05, 3.63) is 0 Å². The summed E-state index contributed by atoms with van der Waals surface area (Å²) >= 11 is 0. The van der Waals surface area contributed by atoms with E-state index in [1.54, 1.807) is 14.1 Å². The van der Waals surface area contributed by atoms with Crippen LogP contribution in [0.1, 0.15) is 40.0 Å². The van der Waals surface area contributed by atoms with Crippen molar-refractivity contribution in [1.29, 1.82) is 0 Å². The van der Waals surface area contributed by atoms with Gasteiger partial charge in [-0.15, -0.1) is 0 Å². The molecule has 0 saturated carbocycles. The van der Waals surface area contributed by atoms with Gasteiger partial charge in [-0.25, -0.2) is 0 Å². The fourth-order valence-corrected chi connectivity index (χ4v) is 3.40. The lowest BCUT2D eigenvalue weighted by Crippen LogP contribution is -2.45. The molecule has 0 aliphatic carbocycles. The highest BCUT2D eigenvalue weighted by Gasteiger charge is 2.27. The van der Waals surface area contributed by atoms with Gasteiger partial charge in [0, 0.05) is 26.7 Å². The summed E-state index contributed by atoms with van der Waals surface area (Å²) < 4.78 is 27.5. The van der Waals surface area contributed by atoms with Gasteiger partial charge >= 0.3 is 0 Å². The zero-order valence-electron chi connectivity index (χ0n) is 12.4. The molecule has 18 heavy (non-hydrogen) atoms. The molecule has 0 spiro atoms. The van der Waals surface area contributed by atoms with Crippen LogP contribution in [0.4, 0.5) is 0 Å². The maximum atomic E-state index is 12.3. The average molecular weight is 279 g/mol. The third-order valence-corrected chi connectivity index (χ3v) is 5.29. The molecule has 0 heterocycles. The van der Waals surface area contributed by atoms with Crippen LogP contribution >= 0.6 is 0 Å². The van der Waals surface area contributed by atoms with Crippen LogP contribution in [0.5, 0.6) is 0 Å². The molecule has 0 radical (unpaired) electrons. The highest BCUT2D eigenvalue weighted by atomic mass is 32.2. The molecular formula is C12H29N3O2S. The molecule has 0 atom stereocenters. The minimum Gasteiger partial charge on any atom is -0.317 e. The second-order valence-electron chi connectivity index (χ2n) is 4.52. The van der Waals surface area contributed by atoms with E-state index in [2.05, 4.69) is 5.32 Å². The molecule has 0 aromatic carbocycles. The smallest absolute Gasteiger partial charge is 0.281 e. The van der Waals surface area contributed by atoms with Crippen molar-refractivity contribution < 1.29 is 8.42 Å². The summed E-state index contributed by atoms with van der Waals surface area (Å²) in [6.07, 6.45) is 2.52. The van der Waals surface area contributed by atoms with Crippen molar-refractivity contribution in [3.63, 3.8) is 0 Å². The van der Waals surface area contributed by atoms with Crippen LogP contribution in [-0.4, -0.2) is 56.8 Å². The van der Waals surface area contributed by atoms with Gasteiger partial charge in [-0.05, 0) is 32.4 Å². The number of hydrogen-bond donors (Lipinski definition) is 1. The van der Waals surface area contributed by atoms with E-state index >= 15 is 0 Å². The maximum Gasteiger partial charge on any atom is 0.281 e. The minimum absolute atomic E-state index is 0.0891. The Balaban J connectivity index is 4.42. The van der Waals surface area contributed by atoms with Crippen molar-refractivity contribution in [2.45, 2.75) is 46.1 Å². The largest absolute Gasteiger partial charge is 0.317 e. The summed E-state index contributed by atoms with van der Waals surface area (Å²) in [6.45, 7) is 8.41. The van der Waals surface area contributed by atoms with E-state index < -0.39 is 10.2 Å². The zero-order chi connectivity index (χ0) is 14.2. The minimum atomic E-state index is -3.31. The third-order valence-electron chi connectivity index (χ3n) is 3.29. The summed E-state index contributed by atoms with van der Waals surface area (Å²) in [6, 6.07) is 0.0891. The molecule has 6 heteroatoms. The van der Waals surface area contributed by atoms with Crippen LogP contribution in [0, 0.1) is 0 Å². The van der Waals surface area contributed by atoms with Gasteiger partial charge in [0.25, 0.3) is 10.2 Å². The van der Waals surface area contributed by atoms with Gasteiger partial charge in [0.1, 0.15) is 0 Å². The van der Waals surface area contributed by atoms with Crippen LogP contribution in [0.15, 0.2) is 0 Å². The molecule has 0 aromatic heterocycles. The molecule has 0 fully saturated rings. The van der Waals surface area contributed by atoms with Crippen molar-refractivity contribution in [3.8, 4) is 0 Å². The fourth-order valence-electron chi connectivity index (χ4n) is 1.93. The summed E-state index contributed by atoms with van der Waals surface area (Å²) in [5, 5.41) is 3.19. The van der Waals surface area contributed by atoms with Gasteiger partial charge in [0.05, 0.1) is 0 Å². The molecular weight excluding hydrogens is 250 g/mol. The fraction of sp³-hybridized carbons (Fsp3) is 1.00. The van der Waals surface area contributed by atoms with Crippen molar-refractivity contribution in [2.75, 3.05) is 33.7 Å². The molecule has 5 nitrogen and oxygen atoms in total. The number of rotatable bonds is 10. The molecule has 0 bridgehead atoms. The normalized spacial score (nSPS) is 12.9. The topological polar surface area (TPSA) is 52.7 Å². The van der Waals surface area contributed by atoms with Gasteiger partial charge < -0.3 is 5.32 Å². The summed E-state index contributed by atoms with van der Waals surface area (Å²) in [5.41, 5.74) is 0. The van der Waals surface area contributed by atoms with Crippen molar-refractivity contribution in [2.24, 2.45) is 0 Å². The van der Waals surface area contributed by atoms with E-state index in [4.69, 9.17) is 0 Å². The lowest BCUT2D eigenvalue weighted by atomic mass is 10.2. The first-order valence-electron chi connectivity index (χ1n) is 6.81. The van der Waals surface area contributed by atoms with Crippen LogP contribution in [0.3, 0.4) is 0 Å². The van der Waals surface area contributed by atoms with Crippen LogP contribution in [0.25, 0.3) is 0 Å². The van der Waals surface area contributed by atoms with Crippen molar-refractivity contribution >= 4 is 10.2 Å². The molecule has 0 rings (SSSR count). The van der Waals surface area contributed by atoms with Gasteiger partial charge in [-0.3, -0.25) is 0 Å². The van der Waals surface area contributed by atoms with Crippen LogP contribution in [0.2, 0.25) is 0 Å². The average Bonchev–Trinajstić information content (AvgIpc) is 2.35. The molecule has 1 N–H and O–H groups in total. The lowest BCUT2D eigenvalue weighted by molar-refractivity contribution is 0.316. The maximum absolute atomic E-state index is 12.3. The Kier molecular flexibility index (Phi) is 8.77. The standard InChI is InChI=1S/C12H29N3O2S/c1-6-12(7-2)15(5)18(16,17)14(4)11-9-10-13-8-3/h12-13H,6-11H2,1-5H3. The molecule has 110 valence electrons. The number of nitrogens with zero attached hydrogens (tertiary/aromatic N) is 2. The molecule has 0 saturated heterocycles. The van der Waals surface area contributed by atoms with E-state index in [9.17, 15) is 8.42 Å². The van der Waals surface area contributed by atoms with Crippen molar-refractivity contribution in [1.82, 2.24) is 13.9 Å². The first kappa shape index (κ1) is 17.8. The highest BCUT2D eigenvalue weighted by Crippen LogP contribution is 2.13. The van der Waals surface area contributed by atoms with Gasteiger partial charge in [0.2, 0.25) is 0 Å². The Morgan fingerprint density at radius 1 is 1.11 bits per heavy atom. The summed E-state index contributed by atoms with van der Waals surface area (Å²) in [5.74, 6) is 0. The Morgan fingerprint density at radius 2 is 1.67 bits per heavy atom. The molecule has 0 aliphatic heterocycles. The number of hydrogen-bond acceptors (Lipinski definition) is 3.